The Bertz CT molecular complexity index is 837. The lowest BCUT2D eigenvalue weighted by atomic mass is 10.1. The molecule has 0 aliphatic carbocycles. The smallest absolute Gasteiger partial charge is 0.222 e. The molecule has 2 aliphatic heterocycles. The van der Waals surface area contributed by atoms with Crippen molar-refractivity contribution in [3.05, 3.63) is 53.3 Å². The Balaban J connectivity index is 1.54. The second-order valence-electron chi connectivity index (χ2n) is 7.25. The summed E-state index contributed by atoms with van der Waals surface area (Å²) in [7, 11) is 0. The Hall–Kier alpha value is -2.65. The molecular weight excluding hydrogens is 326 g/mol. The van der Waals surface area contributed by atoms with Crippen LogP contribution in [0.5, 0.6) is 0 Å². The van der Waals surface area contributed by atoms with Crippen LogP contribution in [-0.4, -0.2) is 45.1 Å². The summed E-state index contributed by atoms with van der Waals surface area (Å²) < 4.78 is 2.07. The van der Waals surface area contributed by atoms with Crippen LogP contribution in [0.3, 0.4) is 0 Å². The lowest BCUT2D eigenvalue weighted by molar-refractivity contribution is -0.128. The lowest BCUT2D eigenvalue weighted by Crippen LogP contribution is -2.37. The zero-order valence-corrected chi connectivity index (χ0v) is 14.8. The highest BCUT2D eigenvalue weighted by molar-refractivity contribution is 5.78. The number of amides is 1. The number of benzene rings is 1. The van der Waals surface area contributed by atoms with E-state index in [1.807, 2.05) is 35.4 Å². The molecule has 1 aromatic heterocycles. The fraction of sp³-hybridized carbons (Fsp3) is 0.450. The van der Waals surface area contributed by atoms with Gasteiger partial charge in [-0.1, -0.05) is 18.2 Å². The molecule has 1 unspecified atom stereocenters. The molecule has 1 fully saturated rings. The number of hydrogen-bond donors (Lipinski definition) is 0. The molecular formula is C20H23N5O. The third-order valence-corrected chi connectivity index (χ3v) is 5.32. The Labute approximate surface area is 153 Å². The van der Waals surface area contributed by atoms with Crippen LogP contribution in [-0.2, 0) is 24.4 Å². The van der Waals surface area contributed by atoms with E-state index < -0.39 is 0 Å². The van der Waals surface area contributed by atoms with E-state index in [0.29, 0.717) is 12.3 Å². The topological polar surface area (TPSA) is 65.2 Å². The first kappa shape index (κ1) is 16.8. The minimum Gasteiger partial charge on any atom is -0.342 e. The van der Waals surface area contributed by atoms with Gasteiger partial charge in [-0.25, -0.2) is 0 Å². The van der Waals surface area contributed by atoms with Gasteiger partial charge in [0.25, 0.3) is 0 Å². The average Bonchev–Trinajstić information content (AvgIpc) is 3.21. The molecule has 0 radical (unpaired) electrons. The van der Waals surface area contributed by atoms with Gasteiger partial charge in [-0.05, 0) is 24.1 Å². The molecule has 2 aromatic rings. The van der Waals surface area contributed by atoms with Crippen LogP contribution < -0.4 is 0 Å². The molecule has 1 atom stereocenters. The van der Waals surface area contributed by atoms with E-state index in [9.17, 15) is 10.1 Å². The number of rotatable bonds is 4. The van der Waals surface area contributed by atoms with Gasteiger partial charge in [0, 0.05) is 57.8 Å². The zero-order valence-electron chi connectivity index (χ0n) is 14.8. The van der Waals surface area contributed by atoms with Gasteiger partial charge in [-0.15, -0.1) is 0 Å². The van der Waals surface area contributed by atoms with Crippen molar-refractivity contribution in [2.75, 3.05) is 19.6 Å². The van der Waals surface area contributed by atoms with E-state index in [1.165, 1.54) is 5.69 Å². The molecule has 1 amide bonds. The van der Waals surface area contributed by atoms with Crippen LogP contribution in [0.15, 0.2) is 36.5 Å². The third kappa shape index (κ3) is 3.49. The number of fused-ring (bicyclic) bond motifs is 1. The van der Waals surface area contributed by atoms with Crippen molar-refractivity contribution >= 4 is 5.91 Å². The van der Waals surface area contributed by atoms with Crippen molar-refractivity contribution in [1.82, 2.24) is 19.6 Å². The van der Waals surface area contributed by atoms with Gasteiger partial charge in [0.1, 0.15) is 0 Å². The maximum atomic E-state index is 12.0. The Morgan fingerprint density at radius 3 is 2.92 bits per heavy atom. The van der Waals surface area contributed by atoms with Crippen molar-refractivity contribution in [1.29, 1.82) is 5.26 Å². The van der Waals surface area contributed by atoms with E-state index in [1.54, 1.807) is 0 Å². The first-order valence-corrected chi connectivity index (χ1v) is 9.22. The van der Waals surface area contributed by atoms with Gasteiger partial charge >= 0.3 is 0 Å². The Kier molecular flexibility index (Phi) is 4.72. The molecule has 4 rings (SSSR count). The summed E-state index contributed by atoms with van der Waals surface area (Å²) in [6.45, 7) is 4.94. The quantitative estimate of drug-likeness (QED) is 0.847. The van der Waals surface area contributed by atoms with Crippen LogP contribution in [0.4, 0.5) is 0 Å². The van der Waals surface area contributed by atoms with Gasteiger partial charge in [0.05, 0.1) is 17.3 Å². The predicted molar refractivity (Wildman–Crippen MR) is 96.8 cm³/mol. The summed E-state index contributed by atoms with van der Waals surface area (Å²) in [4.78, 5) is 16.4. The monoisotopic (exact) mass is 349 g/mol. The van der Waals surface area contributed by atoms with Crippen LogP contribution in [0.1, 0.15) is 29.7 Å². The van der Waals surface area contributed by atoms with Gasteiger partial charge in [-0.2, -0.15) is 10.4 Å². The average molecular weight is 349 g/mol. The second-order valence-corrected chi connectivity index (χ2v) is 7.25. The number of carbonyl (C=O) groups excluding carboxylic acids is 1. The van der Waals surface area contributed by atoms with Crippen LogP contribution >= 0.6 is 0 Å². The van der Waals surface area contributed by atoms with Crippen molar-refractivity contribution in [2.24, 2.45) is 5.92 Å². The molecule has 1 aromatic carbocycles. The number of likely N-dealkylation sites (tertiary alicyclic amines) is 1. The van der Waals surface area contributed by atoms with Gasteiger partial charge in [0.2, 0.25) is 5.91 Å². The second kappa shape index (κ2) is 7.30. The maximum Gasteiger partial charge on any atom is 0.222 e. The molecule has 0 bridgehead atoms. The number of aromatic nitrogens is 2. The molecule has 0 N–H and O–H groups in total. The summed E-state index contributed by atoms with van der Waals surface area (Å²) in [6.07, 6.45) is 3.50. The summed E-state index contributed by atoms with van der Waals surface area (Å²) in [5.41, 5.74) is 2.98. The highest BCUT2D eigenvalue weighted by atomic mass is 16.2. The summed E-state index contributed by atoms with van der Waals surface area (Å²) in [5, 5.41) is 13.8. The number of nitriles is 1. The zero-order chi connectivity index (χ0) is 17.9. The Morgan fingerprint density at radius 1 is 1.23 bits per heavy atom. The summed E-state index contributed by atoms with van der Waals surface area (Å²) in [6, 6.07) is 12.1. The van der Waals surface area contributed by atoms with Crippen LogP contribution in [0, 0.1) is 17.2 Å². The van der Waals surface area contributed by atoms with Crippen molar-refractivity contribution in [3.63, 3.8) is 0 Å². The standard InChI is InChI=1S/C20H23N5O/c21-10-17-4-1-2-5-18(17)14-23-11-16(12-24-9-3-6-20(24)26)13-25-19(15-23)7-8-22-25/h1-2,4-5,7-8,16H,3,6,9,11-15H2. The van der Waals surface area contributed by atoms with E-state index in [0.717, 1.165) is 56.8 Å². The molecule has 0 saturated carbocycles. The molecule has 26 heavy (non-hydrogen) atoms. The Morgan fingerprint density at radius 2 is 2.12 bits per heavy atom. The van der Waals surface area contributed by atoms with Crippen LogP contribution in [0.25, 0.3) is 0 Å². The fourth-order valence-corrected chi connectivity index (χ4v) is 4.07. The van der Waals surface area contributed by atoms with Gasteiger partial charge < -0.3 is 4.90 Å². The van der Waals surface area contributed by atoms with Crippen molar-refractivity contribution in [3.8, 4) is 6.07 Å². The largest absolute Gasteiger partial charge is 0.342 e. The molecule has 6 heteroatoms. The fourth-order valence-electron chi connectivity index (χ4n) is 4.07. The summed E-state index contributed by atoms with van der Waals surface area (Å²) in [5.74, 6) is 0.615. The first-order chi connectivity index (χ1) is 12.7. The maximum absolute atomic E-state index is 12.0. The van der Waals surface area contributed by atoms with Crippen molar-refractivity contribution in [2.45, 2.75) is 32.5 Å². The molecule has 3 heterocycles. The number of hydrogen-bond acceptors (Lipinski definition) is 4. The van der Waals surface area contributed by atoms with Gasteiger partial charge in [0.15, 0.2) is 0 Å². The first-order valence-electron chi connectivity index (χ1n) is 9.22. The highest BCUT2D eigenvalue weighted by Gasteiger charge is 2.28. The van der Waals surface area contributed by atoms with Crippen molar-refractivity contribution < 1.29 is 4.79 Å². The highest BCUT2D eigenvalue weighted by Crippen LogP contribution is 2.22. The third-order valence-electron chi connectivity index (χ3n) is 5.32. The van der Waals surface area contributed by atoms with E-state index in [4.69, 9.17) is 0 Å². The normalized spacial score (nSPS) is 20.7. The lowest BCUT2D eigenvalue weighted by Gasteiger charge is -2.27. The van der Waals surface area contributed by atoms with Gasteiger partial charge in [-0.3, -0.25) is 14.4 Å². The minimum atomic E-state index is 0.274. The van der Waals surface area contributed by atoms with E-state index in [2.05, 4.69) is 26.8 Å². The predicted octanol–water partition coefficient (Wildman–Crippen LogP) is 2.01. The summed E-state index contributed by atoms with van der Waals surface area (Å²) >= 11 is 0. The van der Waals surface area contributed by atoms with E-state index >= 15 is 0 Å². The SMILES string of the molecule is N#Cc1ccccc1CN1Cc2ccnn2CC(CN2CCCC2=O)C1. The number of carbonyl (C=O) groups is 1. The molecule has 2 aliphatic rings. The number of nitrogens with zero attached hydrogens (tertiary/aromatic N) is 5. The minimum absolute atomic E-state index is 0.274. The molecule has 1 saturated heterocycles. The van der Waals surface area contributed by atoms with Crippen LogP contribution in [0.2, 0.25) is 0 Å². The molecule has 6 nitrogen and oxygen atoms in total. The van der Waals surface area contributed by atoms with E-state index in [-0.39, 0.29) is 5.91 Å². The molecule has 134 valence electrons. The molecule has 0 spiro atoms.